The minimum absolute atomic E-state index is 0.00129. The minimum atomic E-state index is -0.00129. The van der Waals surface area contributed by atoms with Gasteiger partial charge >= 0.3 is 0 Å². The third-order valence-corrected chi connectivity index (χ3v) is 5.70. The van der Waals surface area contributed by atoms with Gasteiger partial charge in [0.25, 0.3) is 0 Å². The monoisotopic (exact) mass is 372 g/mol. The number of benzene rings is 1. The van der Waals surface area contributed by atoms with Crippen LogP contribution in [0.5, 0.6) is 5.88 Å². The predicted molar refractivity (Wildman–Crippen MR) is 105 cm³/mol. The number of aromatic nitrogens is 1. The molecule has 0 spiro atoms. The molecular formula is C21H25ClN2O2. The van der Waals surface area contributed by atoms with Crippen LogP contribution in [-0.4, -0.2) is 18.0 Å². The average Bonchev–Trinajstić information content (AvgIpc) is 2.69. The first kappa shape index (κ1) is 18.7. The molecule has 1 amide bonds. The van der Waals surface area contributed by atoms with E-state index in [1.54, 1.807) is 19.2 Å². The molecule has 1 N–H and O–H groups in total. The number of rotatable bonds is 5. The number of anilines is 1. The number of nitrogens with one attached hydrogen (secondary N) is 1. The standard InChI is InChI=1S/C21H25ClN2O2/c1-14(21(25)24-19-9-7-18(22)8-10-19)15-3-5-16(6-4-15)17-11-12-23-20(13-17)26-2/h7-16H,3-6H2,1-2H3,(H,24,25)/t14-,15?,16?/m1/s1. The molecule has 1 aliphatic carbocycles. The van der Waals surface area contributed by atoms with E-state index in [0.717, 1.165) is 31.4 Å². The highest BCUT2D eigenvalue weighted by Gasteiger charge is 2.29. The molecule has 1 saturated carbocycles. The Kier molecular flexibility index (Phi) is 6.15. The molecule has 0 radical (unpaired) electrons. The lowest BCUT2D eigenvalue weighted by atomic mass is 9.74. The lowest BCUT2D eigenvalue weighted by Crippen LogP contribution is -2.29. The van der Waals surface area contributed by atoms with Crippen molar-refractivity contribution in [2.45, 2.75) is 38.5 Å². The van der Waals surface area contributed by atoms with E-state index >= 15 is 0 Å². The Morgan fingerprint density at radius 1 is 1.19 bits per heavy atom. The Morgan fingerprint density at radius 3 is 2.54 bits per heavy atom. The lowest BCUT2D eigenvalue weighted by Gasteiger charge is -2.32. The third kappa shape index (κ3) is 4.55. The van der Waals surface area contributed by atoms with E-state index in [4.69, 9.17) is 16.3 Å². The Balaban J connectivity index is 1.55. The van der Waals surface area contributed by atoms with E-state index in [9.17, 15) is 4.79 Å². The number of methoxy groups -OCH3 is 1. The summed E-state index contributed by atoms with van der Waals surface area (Å²) in [6, 6.07) is 11.3. The van der Waals surface area contributed by atoms with Crippen LogP contribution in [-0.2, 0) is 4.79 Å². The molecule has 1 atom stereocenters. The number of nitrogens with zero attached hydrogens (tertiary/aromatic N) is 1. The zero-order valence-electron chi connectivity index (χ0n) is 15.2. The maximum absolute atomic E-state index is 12.6. The summed E-state index contributed by atoms with van der Waals surface area (Å²) in [6.45, 7) is 2.03. The second-order valence-electron chi connectivity index (χ2n) is 7.03. The van der Waals surface area contributed by atoms with Gasteiger partial charge in [-0.05, 0) is 73.4 Å². The van der Waals surface area contributed by atoms with Gasteiger partial charge in [-0.15, -0.1) is 0 Å². The summed E-state index contributed by atoms with van der Waals surface area (Å²) in [5, 5.41) is 3.67. The second kappa shape index (κ2) is 8.54. The van der Waals surface area contributed by atoms with Crippen molar-refractivity contribution in [2.24, 2.45) is 11.8 Å². The topological polar surface area (TPSA) is 51.2 Å². The maximum atomic E-state index is 12.6. The number of hydrogen-bond donors (Lipinski definition) is 1. The second-order valence-corrected chi connectivity index (χ2v) is 7.46. The molecule has 0 bridgehead atoms. The third-order valence-electron chi connectivity index (χ3n) is 5.44. The largest absolute Gasteiger partial charge is 0.481 e. The van der Waals surface area contributed by atoms with Gasteiger partial charge in [-0.3, -0.25) is 4.79 Å². The summed E-state index contributed by atoms with van der Waals surface area (Å²) < 4.78 is 5.23. The molecule has 1 aliphatic rings. The highest BCUT2D eigenvalue weighted by Crippen LogP contribution is 2.39. The molecular weight excluding hydrogens is 348 g/mol. The van der Waals surface area contributed by atoms with Gasteiger partial charge in [0.2, 0.25) is 11.8 Å². The molecule has 1 fully saturated rings. The number of ether oxygens (including phenoxy) is 1. The van der Waals surface area contributed by atoms with Crippen molar-refractivity contribution in [3.63, 3.8) is 0 Å². The Morgan fingerprint density at radius 2 is 1.88 bits per heavy atom. The first-order valence-corrected chi connectivity index (χ1v) is 9.51. The Labute approximate surface area is 159 Å². The molecule has 26 heavy (non-hydrogen) atoms. The van der Waals surface area contributed by atoms with Gasteiger partial charge in [0.1, 0.15) is 0 Å². The molecule has 0 saturated heterocycles. The van der Waals surface area contributed by atoms with Gasteiger partial charge in [-0.2, -0.15) is 0 Å². The Hall–Kier alpha value is -2.07. The van der Waals surface area contributed by atoms with Crippen molar-refractivity contribution < 1.29 is 9.53 Å². The highest BCUT2D eigenvalue weighted by molar-refractivity contribution is 6.30. The van der Waals surface area contributed by atoms with Crippen molar-refractivity contribution >= 4 is 23.2 Å². The maximum Gasteiger partial charge on any atom is 0.227 e. The lowest BCUT2D eigenvalue weighted by molar-refractivity contribution is -0.121. The van der Waals surface area contributed by atoms with Crippen molar-refractivity contribution in [3.05, 3.63) is 53.2 Å². The van der Waals surface area contributed by atoms with Crippen LogP contribution >= 0.6 is 11.6 Å². The molecule has 1 heterocycles. The normalized spacial score (nSPS) is 21.0. The summed E-state index contributed by atoms with van der Waals surface area (Å²) in [6.07, 6.45) is 6.12. The number of hydrogen-bond acceptors (Lipinski definition) is 3. The molecule has 0 unspecified atom stereocenters. The van der Waals surface area contributed by atoms with Crippen molar-refractivity contribution in [3.8, 4) is 5.88 Å². The minimum Gasteiger partial charge on any atom is -0.481 e. The molecule has 3 rings (SSSR count). The summed E-state index contributed by atoms with van der Waals surface area (Å²) in [7, 11) is 1.64. The van der Waals surface area contributed by atoms with E-state index in [0.29, 0.717) is 22.7 Å². The molecule has 0 aliphatic heterocycles. The Bertz CT molecular complexity index is 740. The summed E-state index contributed by atoms with van der Waals surface area (Å²) in [5.41, 5.74) is 2.08. The van der Waals surface area contributed by atoms with E-state index < -0.39 is 0 Å². The smallest absolute Gasteiger partial charge is 0.227 e. The van der Waals surface area contributed by atoms with Gasteiger partial charge < -0.3 is 10.1 Å². The van der Waals surface area contributed by atoms with Crippen LogP contribution in [0, 0.1) is 11.8 Å². The van der Waals surface area contributed by atoms with Crippen molar-refractivity contribution in [2.75, 3.05) is 12.4 Å². The quantitative estimate of drug-likeness (QED) is 0.775. The van der Waals surface area contributed by atoms with Gasteiger partial charge in [0.05, 0.1) is 7.11 Å². The zero-order chi connectivity index (χ0) is 18.5. The summed E-state index contributed by atoms with van der Waals surface area (Å²) >= 11 is 5.89. The van der Waals surface area contributed by atoms with Gasteiger partial charge in [-0.1, -0.05) is 18.5 Å². The van der Waals surface area contributed by atoms with Crippen LogP contribution in [0.15, 0.2) is 42.6 Å². The van der Waals surface area contributed by atoms with Crippen LogP contribution in [0.25, 0.3) is 0 Å². The van der Waals surface area contributed by atoms with Crippen LogP contribution < -0.4 is 10.1 Å². The first-order valence-electron chi connectivity index (χ1n) is 9.13. The fourth-order valence-electron chi connectivity index (χ4n) is 3.75. The molecule has 4 nitrogen and oxygen atoms in total. The van der Waals surface area contributed by atoms with Crippen LogP contribution in [0.4, 0.5) is 5.69 Å². The number of amides is 1. The molecule has 2 aromatic rings. The van der Waals surface area contributed by atoms with E-state index in [1.807, 2.05) is 31.3 Å². The van der Waals surface area contributed by atoms with Gasteiger partial charge in [-0.25, -0.2) is 4.98 Å². The molecule has 1 aromatic carbocycles. The highest BCUT2D eigenvalue weighted by atomic mass is 35.5. The van der Waals surface area contributed by atoms with Crippen LogP contribution in [0.1, 0.15) is 44.1 Å². The van der Waals surface area contributed by atoms with Crippen LogP contribution in [0.2, 0.25) is 5.02 Å². The van der Waals surface area contributed by atoms with E-state index in [-0.39, 0.29) is 11.8 Å². The summed E-state index contributed by atoms with van der Waals surface area (Å²) in [5.74, 6) is 1.69. The van der Waals surface area contributed by atoms with Gasteiger partial charge in [0.15, 0.2) is 0 Å². The predicted octanol–water partition coefficient (Wildman–Crippen LogP) is 5.29. The van der Waals surface area contributed by atoms with Gasteiger partial charge in [0, 0.05) is 28.9 Å². The molecule has 1 aromatic heterocycles. The van der Waals surface area contributed by atoms with E-state index in [2.05, 4.69) is 16.4 Å². The summed E-state index contributed by atoms with van der Waals surface area (Å²) in [4.78, 5) is 16.7. The first-order chi connectivity index (χ1) is 12.6. The zero-order valence-corrected chi connectivity index (χ0v) is 16.0. The van der Waals surface area contributed by atoms with E-state index in [1.165, 1.54) is 5.56 Å². The van der Waals surface area contributed by atoms with Crippen LogP contribution in [0.3, 0.4) is 0 Å². The average molecular weight is 373 g/mol. The fourth-order valence-corrected chi connectivity index (χ4v) is 3.87. The molecule has 138 valence electrons. The number of carbonyl (C=O) groups excluding carboxylic acids is 1. The number of halogens is 1. The SMILES string of the molecule is COc1cc(C2CCC([C@@H](C)C(=O)Nc3ccc(Cl)cc3)CC2)ccn1. The number of carbonyl (C=O) groups is 1. The fraction of sp³-hybridized carbons (Fsp3) is 0.429. The van der Waals surface area contributed by atoms with Crippen molar-refractivity contribution in [1.29, 1.82) is 0 Å². The van der Waals surface area contributed by atoms with Crippen molar-refractivity contribution in [1.82, 2.24) is 4.98 Å². The number of pyridine rings is 1. The molecule has 5 heteroatoms.